The Morgan fingerprint density at radius 3 is 2.50 bits per heavy atom. The van der Waals surface area contributed by atoms with Crippen LogP contribution in [-0.4, -0.2) is 44.8 Å². The molecule has 2 atom stereocenters. The molecule has 0 amide bonds. The van der Waals surface area contributed by atoms with Crippen LogP contribution in [0.3, 0.4) is 0 Å². The largest absolute Gasteiger partial charge is 0.380 e. The number of likely N-dealkylation sites (N-methyl/N-ethyl adjacent to an activating group) is 2. The van der Waals surface area contributed by atoms with Gasteiger partial charge < -0.3 is 10.1 Å². The monoisotopic (exact) mass is 250 g/mol. The molecule has 0 aliphatic heterocycles. The molecule has 0 spiro atoms. The van der Waals surface area contributed by atoms with Crippen molar-refractivity contribution in [3.63, 3.8) is 0 Å². The van der Waals surface area contributed by atoms with Crippen LogP contribution in [0.1, 0.15) is 25.5 Å². The predicted octanol–water partition coefficient (Wildman–Crippen LogP) is 2.30. The van der Waals surface area contributed by atoms with Gasteiger partial charge in [-0.3, -0.25) is 4.90 Å². The molecule has 0 aliphatic carbocycles. The van der Waals surface area contributed by atoms with Gasteiger partial charge in [-0.2, -0.15) is 0 Å². The van der Waals surface area contributed by atoms with Crippen molar-refractivity contribution in [1.29, 1.82) is 0 Å². The van der Waals surface area contributed by atoms with Crippen molar-refractivity contribution in [2.24, 2.45) is 0 Å². The van der Waals surface area contributed by atoms with E-state index in [2.05, 4.69) is 61.4 Å². The fourth-order valence-corrected chi connectivity index (χ4v) is 2.09. The number of nitrogens with zero attached hydrogens (tertiary/aromatic N) is 1. The first-order valence-electron chi connectivity index (χ1n) is 6.67. The van der Waals surface area contributed by atoms with E-state index < -0.39 is 0 Å². The van der Waals surface area contributed by atoms with Crippen molar-refractivity contribution in [2.45, 2.75) is 26.0 Å². The van der Waals surface area contributed by atoms with Gasteiger partial charge in [0.2, 0.25) is 0 Å². The van der Waals surface area contributed by atoms with Gasteiger partial charge in [0.15, 0.2) is 0 Å². The number of nitrogens with one attached hydrogen (secondary N) is 1. The number of benzene rings is 1. The van der Waals surface area contributed by atoms with Crippen LogP contribution < -0.4 is 5.32 Å². The molecular weight excluding hydrogens is 224 g/mol. The number of ether oxygens (including phenoxy) is 1. The molecule has 3 heteroatoms. The zero-order valence-electron chi connectivity index (χ0n) is 12.0. The summed E-state index contributed by atoms with van der Waals surface area (Å²) in [5, 5.41) is 3.44. The Hall–Kier alpha value is -0.900. The van der Waals surface area contributed by atoms with Crippen molar-refractivity contribution >= 4 is 0 Å². The first kappa shape index (κ1) is 15.2. The van der Waals surface area contributed by atoms with Crippen molar-refractivity contribution in [2.75, 3.05) is 33.8 Å². The summed E-state index contributed by atoms with van der Waals surface area (Å²) in [5.41, 5.74) is 1.35. The summed E-state index contributed by atoms with van der Waals surface area (Å²) in [7, 11) is 3.92. The fraction of sp³-hybridized carbons (Fsp3) is 0.600. The maximum Gasteiger partial charge on any atom is 0.0670 e. The van der Waals surface area contributed by atoms with E-state index in [1.165, 1.54) is 5.56 Å². The van der Waals surface area contributed by atoms with Crippen LogP contribution in [0.15, 0.2) is 30.3 Å². The number of rotatable bonds is 8. The lowest BCUT2D eigenvalue weighted by Gasteiger charge is -2.30. The summed E-state index contributed by atoms with van der Waals surface area (Å²) < 4.78 is 5.35. The van der Waals surface area contributed by atoms with E-state index in [9.17, 15) is 0 Å². The van der Waals surface area contributed by atoms with Gasteiger partial charge in [0, 0.05) is 26.2 Å². The second kappa shape index (κ2) is 8.25. The maximum atomic E-state index is 5.35. The molecule has 0 aromatic heterocycles. The van der Waals surface area contributed by atoms with Gasteiger partial charge in [-0.05, 0) is 26.1 Å². The van der Waals surface area contributed by atoms with Crippen molar-refractivity contribution in [3.8, 4) is 0 Å². The Bertz CT molecular complexity index is 316. The molecule has 0 heterocycles. The van der Waals surface area contributed by atoms with Crippen molar-refractivity contribution in [3.05, 3.63) is 35.9 Å². The van der Waals surface area contributed by atoms with E-state index in [4.69, 9.17) is 4.74 Å². The van der Waals surface area contributed by atoms with Gasteiger partial charge in [0.05, 0.1) is 6.10 Å². The minimum absolute atomic E-state index is 0.253. The average Bonchev–Trinajstić information content (AvgIpc) is 2.40. The lowest BCUT2D eigenvalue weighted by Crippen LogP contribution is -2.37. The zero-order chi connectivity index (χ0) is 13.4. The normalized spacial score (nSPS) is 14.7. The molecule has 0 bridgehead atoms. The minimum Gasteiger partial charge on any atom is -0.380 e. The van der Waals surface area contributed by atoms with Gasteiger partial charge in [-0.15, -0.1) is 0 Å². The zero-order valence-corrected chi connectivity index (χ0v) is 12.0. The number of hydrogen-bond acceptors (Lipinski definition) is 3. The van der Waals surface area contributed by atoms with E-state index in [1.54, 1.807) is 7.11 Å². The highest BCUT2D eigenvalue weighted by Crippen LogP contribution is 2.18. The third-order valence-corrected chi connectivity index (χ3v) is 3.25. The Morgan fingerprint density at radius 1 is 1.28 bits per heavy atom. The lowest BCUT2D eigenvalue weighted by atomic mass is 10.1. The van der Waals surface area contributed by atoms with Crippen LogP contribution in [0.5, 0.6) is 0 Å². The van der Waals surface area contributed by atoms with E-state index in [1.807, 2.05) is 0 Å². The maximum absolute atomic E-state index is 5.35. The summed E-state index contributed by atoms with van der Waals surface area (Å²) in [4.78, 5) is 2.35. The molecule has 0 saturated heterocycles. The molecule has 0 radical (unpaired) electrons. The fourth-order valence-electron chi connectivity index (χ4n) is 2.09. The van der Waals surface area contributed by atoms with E-state index >= 15 is 0 Å². The molecule has 3 nitrogen and oxygen atoms in total. The molecule has 1 rings (SSSR count). The van der Waals surface area contributed by atoms with Crippen molar-refractivity contribution in [1.82, 2.24) is 10.2 Å². The van der Waals surface area contributed by atoms with Gasteiger partial charge in [0.25, 0.3) is 0 Å². The van der Waals surface area contributed by atoms with Crippen LogP contribution in [-0.2, 0) is 4.74 Å². The SMILES string of the molecule is CCNCC(c1ccccc1)N(C)CC(C)OC. The minimum atomic E-state index is 0.253. The summed E-state index contributed by atoms with van der Waals surface area (Å²) in [6, 6.07) is 11.0. The van der Waals surface area contributed by atoms with Crippen LogP contribution in [0.25, 0.3) is 0 Å². The van der Waals surface area contributed by atoms with Gasteiger partial charge >= 0.3 is 0 Å². The highest BCUT2D eigenvalue weighted by Gasteiger charge is 2.17. The van der Waals surface area contributed by atoms with Crippen LogP contribution in [0, 0.1) is 0 Å². The number of methoxy groups -OCH3 is 1. The molecule has 1 aromatic rings. The molecule has 102 valence electrons. The summed E-state index contributed by atoms with van der Waals surface area (Å²) in [5.74, 6) is 0. The Labute approximate surface area is 111 Å². The molecule has 0 fully saturated rings. The lowest BCUT2D eigenvalue weighted by molar-refractivity contribution is 0.0711. The van der Waals surface area contributed by atoms with Crippen LogP contribution in [0.4, 0.5) is 0 Å². The standard InChI is InChI=1S/C15H26N2O/c1-5-16-11-15(14-9-7-6-8-10-14)17(3)12-13(2)18-4/h6-10,13,15-16H,5,11-12H2,1-4H3. The van der Waals surface area contributed by atoms with Gasteiger partial charge in [0.1, 0.15) is 0 Å². The molecule has 2 unspecified atom stereocenters. The predicted molar refractivity (Wildman–Crippen MR) is 76.8 cm³/mol. The molecule has 1 N–H and O–H groups in total. The average molecular weight is 250 g/mol. The molecule has 18 heavy (non-hydrogen) atoms. The molecular formula is C15H26N2O. The first-order valence-corrected chi connectivity index (χ1v) is 6.67. The second-order valence-corrected chi connectivity index (χ2v) is 4.72. The Kier molecular flexibility index (Phi) is 6.94. The highest BCUT2D eigenvalue weighted by molar-refractivity contribution is 5.19. The summed E-state index contributed by atoms with van der Waals surface area (Å²) in [6.45, 7) is 7.14. The van der Waals surface area contributed by atoms with E-state index in [0.29, 0.717) is 6.04 Å². The topological polar surface area (TPSA) is 24.5 Å². The molecule has 0 saturated carbocycles. The smallest absolute Gasteiger partial charge is 0.0670 e. The summed E-state index contributed by atoms with van der Waals surface area (Å²) >= 11 is 0. The Morgan fingerprint density at radius 2 is 1.94 bits per heavy atom. The van der Waals surface area contributed by atoms with E-state index in [0.717, 1.165) is 19.6 Å². The van der Waals surface area contributed by atoms with Crippen LogP contribution in [0.2, 0.25) is 0 Å². The Balaban J connectivity index is 2.71. The van der Waals surface area contributed by atoms with Gasteiger partial charge in [-0.25, -0.2) is 0 Å². The third-order valence-electron chi connectivity index (χ3n) is 3.25. The van der Waals surface area contributed by atoms with Crippen LogP contribution >= 0.6 is 0 Å². The van der Waals surface area contributed by atoms with Gasteiger partial charge in [-0.1, -0.05) is 37.3 Å². The first-order chi connectivity index (χ1) is 8.69. The summed E-state index contributed by atoms with van der Waals surface area (Å²) in [6.07, 6.45) is 0.253. The van der Waals surface area contributed by atoms with E-state index in [-0.39, 0.29) is 6.10 Å². The molecule has 0 aliphatic rings. The molecule has 1 aromatic carbocycles. The second-order valence-electron chi connectivity index (χ2n) is 4.72. The third kappa shape index (κ3) is 4.77. The number of hydrogen-bond donors (Lipinski definition) is 1. The highest BCUT2D eigenvalue weighted by atomic mass is 16.5. The van der Waals surface area contributed by atoms with Crippen molar-refractivity contribution < 1.29 is 4.74 Å². The quantitative estimate of drug-likeness (QED) is 0.766.